The highest BCUT2D eigenvalue weighted by molar-refractivity contribution is 7.98. The summed E-state index contributed by atoms with van der Waals surface area (Å²) in [6.45, 7) is 1.94. The van der Waals surface area contributed by atoms with Crippen molar-refractivity contribution in [3.63, 3.8) is 0 Å². The van der Waals surface area contributed by atoms with Crippen LogP contribution in [0, 0.1) is 5.82 Å². The minimum atomic E-state index is -0.195. The van der Waals surface area contributed by atoms with Crippen LogP contribution in [0.3, 0.4) is 0 Å². The van der Waals surface area contributed by atoms with Gasteiger partial charge in [0.1, 0.15) is 11.6 Å². The van der Waals surface area contributed by atoms with E-state index >= 15 is 0 Å². The third kappa shape index (κ3) is 3.52. The molecule has 106 valence electrons. The molecule has 2 rings (SSSR count). The van der Waals surface area contributed by atoms with Crippen LogP contribution in [0.1, 0.15) is 24.1 Å². The van der Waals surface area contributed by atoms with Crippen LogP contribution in [0.4, 0.5) is 4.39 Å². The van der Waals surface area contributed by atoms with E-state index in [-0.39, 0.29) is 11.9 Å². The topological polar surface area (TPSA) is 35.2 Å². The number of halogens is 1. The molecule has 2 nitrogen and oxygen atoms in total. The number of nitrogens with two attached hydrogens (primary N) is 1. The quantitative estimate of drug-likeness (QED) is 0.841. The lowest BCUT2D eigenvalue weighted by Gasteiger charge is -2.12. The number of rotatable bonds is 5. The molecule has 0 aliphatic carbocycles. The van der Waals surface area contributed by atoms with Gasteiger partial charge in [-0.1, -0.05) is 18.2 Å². The van der Waals surface area contributed by atoms with Gasteiger partial charge in [-0.15, -0.1) is 11.8 Å². The molecular weight excluding hydrogens is 273 g/mol. The summed E-state index contributed by atoms with van der Waals surface area (Å²) in [5.74, 6) is 1.25. The van der Waals surface area contributed by atoms with Crippen molar-refractivity contribution in [2.24, 2.45) is 5.73 Å². The normalized spacial score (nSPS) is 12.2. The van der Waals surface area contributed by atoms with Crippen LogP contribution in [0.5, 0.6) is 5.75 Å². The third-order valence-electron chi connectivity index (χ3n) is 3.05. The standard InChI is InChI=1S/C16H18FNOS/c1-11(18)12-7-8-15(19-2)13(9-12)10-20-16-6-4-3-5-14(16)17/h3-9,11H,10,18H2,1-2H3. The first kappa shape index (κ1) is 14.9. The second-order valence-electron chi connectivity index (χ2n) is 4.58. The van der Waals surface area contributed by atoms with Gasteiger partial charge in [-0.25, -0.2) is 4.39 Å². The highest BCUT2D eigenvalue weighted by atomic mass is 32.2. The zero-order chi connectivity index (χ0) is 14.5. The van der Waals surface area contributed by atoms with Gasteiger partial charge in [0.05, 0.1) is 7.11 Å². The summed E-state index contributed by atoms with van der Waals surface area (Å²) in [7, 11) is 1.64. The van der Waals surface area contributed by atoms with Gasteiger partial charge in [-0.2, -0.15) is 0 Å². The fourth-order valence-electron chi connectivity index (χ4n) is 1.91. The maximum Gasteiger partial charge on any atom is 0.136 e. The summed E-state index contributed by atoms with van der Waals surface area (Å²) < 4.78 is 19.0. The largest absolute Gasteiger partial charge is 0.496 e. The minimum Gasteiger partial charge on any atom is -0.496 e. The molecule has 0 saturated heterocycles. The smallest absolute Gasteiger partial charge is 0.136 e. The average molecular weight is 291 g/mol. The summed E-state index contributed by atoms with van der Waals surface area (Å²) in [5.41, 5.74) is 7.97. The van der Waals surface area contributed by atoms with Crippen LogP contribution in [0.2, 0.25) is 0 Å². The van der Waals surface area contributed by atoms with Crippen molar-refractivity contribution in [3.8, 4) is 5.75 Å². The molecule has 0 aliphatic heterocycles. The summed E-state index contributed by atoms with van der Waals surface area (Å²) in [5, 5.41) is 0. The average Bonchev–Trinajstić information content (AvgIpc) is 2.46. The van der Waals surface area contributed by atoms with Crippen LogP contribution in [0.15, 0.2) is 47.4 Å². The molecule has 0 radical (unpaired) electrons. The fraction of sp³-hybridized carbons (Fsp3) is 0.250. The monoisotopic (exact) mass is 291 g/mol. The van der Waals surface area contributed by atoms with Gasteiger partial charge >= 0.3 is 0 Å². The van der Waals surface area contributed by atoms with E-state index < -0.39 is 0 Å². The van der Waals surface area contributed by atoms with Gasteiger partial charge in [0.15, 0.2) is 0 Å². The molecule has 4 heteroatoms. The van der Waals surface area contributed by atoms with Gasteiger partial charge in [0, 0.05) is 22.3 Å². The Hall–Kier alpha value is -1.52. The zero-order valence-corrected chi connectivity index (χ0v) is 12.4. The van der Waals surface area contributed by atoms with E-state index in [9.17, 15) is 4.39 Å². The lowest BCUT2D eigenvalue weighted by atomic mass is 10.1. The number of methoxy groups -OCH3 is 1. The number of ether oxygens (including phenoxy) is 1. The van der Waals surface area contributed by atoms with Gasteiger partial charge in [-0.05, 0) is 36.8 Å². The van der Waals surface area contributed by atoms with Crippen molar-refractivity contribution in [2.45, 2.75) is 23.6 Å². The van der Waals surface area contributed by atoms with Crippen molar-refractivity contribution in [2.75, 3.05) is 7.11 Å². The predicted octanol–water partition coefficient (Wildman–Crippen LogP) is 4.15. The molecule has 0 aromatic heterocycles. The molecule has 0 heterocycles. The molecule has 20 heavy (non-hydrogen) atoms. The maximum absolute atomic E-state index is 13.6. The van der Waals surface area contributed by atoms with Crippen LogP contribution < -0.4 is 10.5 Å². The van der Waals surface area contributed by atoms with Gasteiger partial charge < -0.3 is 10.5 Å². The Morgan fingerprint density at radius 3 is 2.65 bits per heavy atom. The number of hydrogen-bond donors (Lipinski definition) is 1. The Morgan fingerprint density at radius 1 is 1.25 bits per heavy atom. The Balaban J connectivity index is 2.19. The fourth-order valence-corrected chi connectivity index (χ4v) is 2.83. The Kier molecular flexibility index (Phi) is 5.04. The van der Waals surface area contributed by atoms with Crippen LogP contribution in [0.25, 0.3) is 0 Å². The van der Waals surface area contributed by atoms with E-state index in [4.69, 9.17) is 10.5 Å². The summed E-state index contributed by atoms with van der Waals surface area (Å²) in [4.78, 5) is 0.640. The van der Waals surface area contributed by atoms with Crippen molar-refractivity contribution in [3.05, 3.63) is 59.4 Å². The molecule has 0 fully saturated rings. The first-order valence-electron chi connectivity index (χ1n) is 6.41. The molecule has 2 N–H and O–H groups in total. The lowest BCUT2D eigenvalue weighted by Crippen LogP contribution is -2.05. The number of benzene rings is 2. The molecule has 1 atom stereocenters. The first-order valence-corrected chi connectivity index (χ1v) is 7.40. The van der Waals surface area contributed by atoms with E-state index in [0.717, 1.165) is 16.9 Å². The van der Waals surface area contributed by atoms with Gasteiger partial charge in [0.25, 0.3) is 0 Å². The first-order chi connectivity index (χ1) is 9.61. The molecule has 0 spiro atoms. The van der Waals surface area contributed by atoms with Crippen LogP contribution in [-0.4, -0.2) is 7.11 Å². The minimum absolute atomic E-state index is 0.0295. The highest BCUT2D eigenvalue weighted by Gasteiger charge is 2.09. The second kappa shape index (κ2) is 6.77. The zero-order valence-electron chi connectivity index (χ0n) is 11.6. The molecule has 1 unspecified atom stereocenters. The van der Waals surface area contributed by atoms with Gasteiger partial charge in [-0.3, -0.25) is 0 Å². The van der Waals surface area contributed by atoms with E-state index in [2.05, 4.69) is 0 Å². The highest BCUT2D eigenvalue weighted by Crippen LogP contribution is 2.31. The maximum atomic E-state index is 13.6. The van der Waals surface area contributed by atoms with Crippen molar-refractivity contribution < 1.29 is 9.13 Å². The van der Waals surface area contributed by atoms with Crippen LogP contribution in [-0.2, 0) is 5.75 Å². The van der Waals surface area contributed by atoms with Crippen molar-refractivity contribution in [1.82, 2.24) is 0 Å². The van der Waals surface area contributed by atoms with E-state index in [1.165, 1.54) is 17.8 Å². The second-order valence-corrected chi connectivity index (χ2v) is 5.60. The van der Waals surface area contributed by atoms with E-state index in [1.807, 2.05) is 31.2 Å². The Bertz CT molecular complexity index is 586. The molecular formula is C16H18FNOS. The molecule has 0 amide bonds. The third-order valence-corrected chi connectivity index (χ3v) is 4.15. The SMILES string of the molecule is COc1ccc(C(C)N)cc1CSc1ccccc1F. The van der Waals surface area contributed by atoms with Crippen molar-refractivity contribution in [1.29, 1.82) is 0 Å². The number of thioether (sulfide) groups is 1. The molecule has 0 bridgehead atoms. The Labute approximate surface area is 123 Å². The van der Waals surface area contributed by atoms with Gasteiger partial charge in [0.2, 0.25) is 0 Å². The molecule has 2 aromatic carbocycles. The summed E-state index contributed by atoms with van der Waals surface area (Å²) in [6.07, 6.45) is 0. The Morgan fingerprint density at radius 2 is 2.00 bits per heavy atom. The summed E-state index contributed by atoms with van der Waals surface area (Å²) in [6, 6.07) is 12.6. The number of hydrogen-bond acceptors (Lipinski definition) is 3. The van der Waals surface area contributed by atoms with E-state index in [0.29, 0.717) is 10.6 Å². The van der Waals surface area contributed by atoms with Crippen molar-refractivity contribution >= 4 is 11.8 Å². The van der Waals surface area contributed by atoms with Crippen LogP contribution >= 0.6 is 11.8 Å². The molecule has 0 saturated carbocycles. The summed E-state index contributed by atoms with van der Waals surface area (Å²) >= 11 is 1.45. The molecule has 0 aliphatic rings. The van der Waals surface area contributed by atoms with E-state index in [1.54, 1.807) is 19.2 Å². The predicted molar refractivity (Wildman–Crippen MR) is 81.6 cm³/mol. The molecule has 2 aromatic rings. The lowest BCUT2D eigenvalue weighted by molar-refractivity contribution is 0.411.